The van der Waals surface area contributed by atoms with Gasteiger partial charge in [0.15, 0.2) is 0 Å². The third-order valence-corrected chi connectivity index (χ3v) is 4.70. The average molecular weight is 357 g/mol. The Morgan fingerprint density at radius 1 is 1.50 bits per heavy atom. The van der Waals surface area contributed by atoms with Crippen molar-refractivity contribution in [2.24, 2.45) is 5.92 Å². The number of nitrogens with one attached hydrogen (secondary N) is 1. The fourth-order valence-electron chi connectivity index (χ4n) is 3.52. The topological polar surface area (TPSA) is 59.4 Å². The molecule has 0 aromatic carbocycles. The highest BCUT2D eigenvalue weighted by Gasteiger charge is 2.30. The van der Waals surface area contributed by atoms with Crippen LogP contribution in [-0.4, -0.2) is 59.5 Å². The first-order chi connectivity index (χ1) is 11.1. The van der Waals surface area contributed by atoms with Crippen LogP contribution in [0.1, 0.15) is 49.6 Å². The maximum Gasteiger partial charge on any atom is 0.274 e. The fourth-order valence-corrected chi connectivity index (χ4v) is 3.52. The Kier molecular flexibility index (Phi) is 7.07. The quantitative estimate of drug-likeness (QED) is 0.897. The van der Waals surface area contributed by atoms with Gasteiger partial charge in [0.05, 0.1) is 25.3 Å². The lowest BCUT2D eigenvalue weighted by Gasteiger charge is -2.36. The lowest BCUT2D eigenvalue weighted by atomic mass is 10.0. The molecule has 24 heavy (non-hydrogen) atoms. The highest BCUT2D eigenvalue weighted by atomic mass is 35.5. The van der Waals surface area contributed by atoms with Gasteiger partial charge in [-0.1, -0.05) is 13.8 Å². The predicted molar refractivity (Wildman–Crippen MR) is 95.7 cm³/mol. The van der Waals surface area contributed by atoms with Crippen molar-refractivity contribution in [1.29, 1.82) is 0 Å². The van der Waals surface area contributed by atoms with E-state index in [9.17, 15) is 4.79 Å². The minimum atomic E-state index is 0. The Morgan fingerprint density at radius 3 is 3.04 bits per heavy atom. The molecule has 0 spiro atoms. The van der Waals surface area contributed by atoms with E-state index in [0.29, 0.717) is 37.4 Å². The number of amides is 1. The second kappa shape index (κ2) is 8.83. The monoisotopic (exact) mass is 356 g/mol. The Bertz CT molecular complexity index is 528. The number of hydrogen-bond acceptors (Lipinski definition) is 4. The van der Waals surface area contributed by atoms with Crippen molar-refractivity contribution >= 4 is 18.3 Å². The van der Waals surface area contributed by atoms with E-state index >= 15 is 0 Å². The molecule has 2 saturated heterocycles. The van der Waals surface area contributed by atoms with E-state index in [-0.39, 0.29) is 24.4 Å². The molecule has 2 unspecified atom stereocenters. The van der Waals surface area contributed by atoms with Crippen LogP contribution < -0.4 is 5.32 Å². The third kappa shape index (κ3) is 4.49. The van der Waals surface area contributed by atoms with E-state index in [1.807, 2.05) is 21.8 Å². The van der Waals surface area contributed by atoms with Gasteiger partial charge < -0.3 is 15.0 Å². The van der Waals surface area contributed by atoms with Crippen LogP contribution in [0.3, 0.4) is 0 Å². The van der Waals surface area contributed by atoms with E-state index in [1.165, 1.54) is 0 Å². The summed E-state index contributed by atoms with van der Waals surface area (Å²) in [5.74, 6) is 0.587. The normalized spacial score (nSPS) is 24.7. The smallest absolute Gasteiger partial charge is 0.274 e. The molecule has 136 valence electrons. The summed E-state index contributed by atoms with van der Waals surface area (Å²) in [7, 11) is 0. The van der Waals surface area contributed by atoms with Gasteiger partial charge in [-0.15, -0.1) is 12.4 Å². The molecule has 0 saturated carbocycles. The van der Waals surface area contributed by atoms with Crippen LogP contribution in [0.4, 0.5) is 0 Å². The van der Waals surface area contributed by atoms with Crippen molar-refractivity contribution in [3.8, 4) is 0 Å². The maximum atomic E-state index is 12.9. The van der Waals surface area contributed by atoms with Gasteiger partial charge in [-0.25, -0.2) is 0 Å². The molecule has 2 aliphatic heterocycles. The molecule has 0 bridgehead atoms. The van der Waals surface area contributed by atoms with Crippen LogP contribution in [0.25, 0.3) is 0 Å². The molecule has 2 aliphatic rings. The lowest BCUT2D eigenvalue weighted by Crippen LogP contribution is -2.49. The number of rotatable bonds is 4. The van der Waals surface area contributed by atoms with Gasteiger partial charge in [0.2, 0.25) is 0 Å². The first-order valence-electron chi connectivity index (χ1n) is 8.79. The zero-order valence-electron chi connectivity index (χ0n) is 14.6. The summed E-state index contributed by atoms with van der Waals surface area (Å²) in [6.45, 7) is 8.29. The van der Waals surface area contributed by atoms with Gasteiger partial charge in [-0.3, -0.25) is 9.48 Å². The Hall–Kier alpha value is -1.11. The van der Waals surface area contributed by atoms with Crippen molar-refractivity contribution < 1.29 is 9.53 Å². The number of ether oxygens (including phenoxy) is 1. The summed E-state index contributed by atoms with van der Waals surface area (Å²) < 4.78 is 7.53. The van der Waals surface area contributed by atoms with Crippen LogP contribution >= 0.6 is 12.4 Å². The number of piperidine rings is 1. The Balaban J connectivity index is 0.00000208. The number of hydrogen-bond donors (Lipinski definition) is 1. The standard InChI is InChI=1S/C17H28N4O2.ClH/c1-13(2)10-15-12-23-9-8-20(15)17(22)16-5-7-21(19-16)14-4-3-6-18-11-14;/h5,7,13-15,18H,3-4,6,8-12H2,1-2H3;1H. The zero-order valence-corrected chi connectivity index (χ0v) is 15.4. The van der Waals surface area contributed by atoms with E-state index in [1.54, 1.807) is 0 Å². The second-order valence-electron chi connectivity index (χ2n) is 7.04. The molecule has 0 radical (unpaired) electrons. The lowest BCUT2D eigenvalue weighted by molar-refractivity contribution is -0.00781. The molecule has 3 rings (SSSR count). The molecule has 1 aromatic rings. The molecule has 2 atom stereocenters. The minimum absolute atomic E-state index is 0. The van der Waals surface area contributed by atoms with Gasteiger partial charge in [0.1, 0.15) is 5.69 Å². The molecule has 3 heterocycles. The van der Waals surface area contributed by atoms with Crippen molar-refractivity contribution in [2.75, 3.05) is 32.8 Å². The number of halogens is 1. The number of carbonyl (C=O) groups excluding carboxylic acids is 1. The summed E-state index contributed by atoms with van der Waals surface area (Å²) in [6.07, 6.45) is 5.20. The second-order valence-corrected chi connectivity index (χ2v) is 7.04. The summed E-state index contributed by atoms with van der Waals surface area (Å²) in [5.41, 5.74) is 0.561. The number of morpholine rings is 1. The summed E-state index contributed by atoms with van der Waals surface area (Å²) in [5, 5.41) is 7.96. The van der Waals surface area contributed by atoms with E-state index in [0.717, 1.165) is 32.4 Å². The van der Waals surface area contributed by atoms with Gasteiger partial charge in [-0.05, 0) is 37.8 Å². The van der Waals surface area contributed by atoms with Gasteiger partial charge in [-0.2, -0.15) is 5.10 Å². The van der Waals surface area contributed by atoms with Crippen molar-refractivity contribution in [1.82, 2.24) is 20.0 Å². The van der Waals surface area contributed by atoms with E-state index < -0.39 is 0 Å². The fraction of sp³-hybridized carbons (Fsp3) is 0.765. The number of carbonyl (C=O) groups is 1. The molecular weight excluding hydrogens is 328 g/mol. The Labute approximate surface area is 150 Å². The molecule has 2 fully saturated rings. The SMILES string of the molecule is CC(C)CC1COCCN1C(=O)c1ccn(C2CCCNC2)n1.Cl. The van der Waals surface area contributed by atoms with Crippen LogP contribution in [0.2, 0.25) is 0 Å². The van der Waals surface area contributed by atoms with Gasteiger partial charge in [0, 0.05) is 19.3 Å². The zero-order chi connectivity index (χ0) is 16.2. The molecule has 0 aliphatic carbocycles. The predicted octanol–water partition coefficient (Wildman–Crippen LogP) is 2.12. The molecule has 1 N–H and O–H groups in total. The van der Waals surface area contributed by atoms with Crippen molar-refractivity contribution in [3.63, 3.8) is 0 Å². The van der Waals surface area contributed by atoms with Crippen LogP contribution in [0.15, 0.2) is 12.3 Å². The molecule has 1 aromatic heterocycles. The van der Waals surface area contributed by atoms with Crippen LogP contribution in [-0.2, 0) is 4.74 Å². The van der Waals surface area contributed by atoms with Gasteiger partial charge in [0.25, 0.3) is 5.91 Å². The number of aromatic nitrogens is 2. The minimum Gasteiger partial charge on any atom is -0.377 e. The molecule has 6 nitrogen and oxygen atoms in total. The van der Waals surface area contributed by atoms with Crippen LogP contribution in [0.5, 0.6) is 0 Å². The van der Waals surface area contributed by atoms with E-state index in [2.05, 4.69) is 24.3 Å². The van der Waals surface area contributed by atoms with Crippen molar-refractivity contribution in [2.45, 2.75) is 45.2 Å². The van der Waals surface area contributed by atoms with E-state index in [4.69, 9.17) is 4.74 Å². The third-order valence-electron chi connectivity index (χ3n) is 4.70. The highest BCUT2D eigenvalue weighted by Crippen LogP contribution is 2.20. The first-order valence-corrected chi connectivity index (χ1v) is 8.79. The highest BCUT2D eigenvalue weighted by molar-refractivity contribution is 5.92. The average Bonchev–Trinajstić information content (AvgIpc) is 3.05. The van der Waals surface area contributed by atoms with Crippen molar-refractivity contribution in [3.05, 3.63) is 18.0 Å². The summed E-state index contributed by atoms with van der Waals surface area (Å²) in [6, 6.07) is 2.39. The summed E-state index contributed by atoms with van der Waals surface area (Å²) in [4.78, 5) is 14.8. The summed E-state index contributed by atoms with van der Waals surface area (Å²) >= 11 is 0. The Morgan fingerprint density at radius 2 is 2.33 bits per heavy atom. The maximum absolute atomic E-state index is 12.9. The number of nitrogens with zero attached hydrogens (tertiary/aromatic N) is 3. The largest absolute Gasteiger partial charge is 0.377 e. The van der Waals surface area contributed by atoms with Gasteiger partial charge >= 0.3 is 0 Å². The molecular formula is C17H29ClN4O2. The first kappa shape index (κ1) is 19.2. The molecule has 7 heteroatoms. The molecule has 1 amide bonds. The van der Waals surface area contributed by atoms with Crippen LogP contribution in [0, 0.1) is 5.92 Å².